The number of nitrogens with one attached hydrogen (secondary N) is 1. The highest BCUT2D eigenvalue weighted by molar-refractivity contribution is 7.89. The molecule has 0 unspecified atom stereocenters. The van der Waals surface area contributed by atoms with E-state index in [2.05, 4.69) is 12.1 Å². The Bertz CT molecular complexity index is 921. The zero-order chi connectivity index (χ0) is 19.4. The number of carbonyl (C=O) groups is 1. The Morgan fingerprint density at radius 3 is 2.78 bits per heavy atom. The van der Waals surface area contributed by atoms with Crippen LogP contribution in [-0.2, 0) is 32.6 Å². The van der Waals surface area contributed by atoms with E-state index >= 15 is 0 Å². The van der Waals surface area contributed by atoms with Gasteiger partial charge in [0, 0.05) is 17.8 Å². The minimum absolute atomic E-state index is 0.104. The number of ether oxygens (including phenoxy) is 1. The van der Waals surface area contributed by atoms with Crippen LogP contribution in [0, 0.1) is 0 Å². The van der Waals surface area contributed by atoms with E-state index in [1.807, 2.05) is 11.4 Å². The molecule has 1 amide bonds. The Morgan fingerprint density at radius 2 is 2.11 bits per heavy atom. The van der Waals surface area contributed by atoms with Crippen molar-refractivity contribution in [2.24, 2.45) is 0 Å². The zero-order valence-electron chi connectivity index (χ0n) is 14.8. The first-order valence-corrected chi connectivity index (χ1v) is 10.5. The lowest BCUT2D eigenvalue weighted by atomic mass is 10.0. The maximum Gasteiger partial charge on any atom is 0.262 e. The van der Waals surface area contributed by atoms with Crippen LogP contribution in [0.1, 0.15) is 10.4 Å². The molecule has 0 fully saturated rings. The van der Waals surface area contributed by atoms with E-state index in [1.165, 1.54) is 41.0 Å². The highest BCUT2D eigenvalue weighted by Crippen LogP contribution is 2.32. The summed E-state index contributed by atoms with van der Waals surface area (Å²) < 4.78 is 32.7. The van der Waals surface area contributed by atoms with Gasteiger partial charge in [-0.25, -0.2) is 13.9 Å². The van der Waals surface area contributed by atoms with Crippen molar-refractivity contribution in [3.05, 3.63) is 58.8 Å². The number of methoxy groups -OCH3 is 1. The maximum atomic E-state index is 13.2. The van der Waals surface area contributed by atoms with Crippen LogP contribution in [0.3, 0.4) is 0 Å². The Balaban J connectivity index is 1.92. The molecule has 1 aromatic carbocycles. The number of fused-ring (bicyclic) bond motifs is 1. The average Bonchev–Trinajstić information content (AvgIpc) is 3.14. The third-order valence-electron chi connectivity index (χ3n) is 4.23. The average molecular weight is 409 g/mol. The van der Waals surface area contributed by atoms with Crippen molar-refractivity contribution in [3.8, 4) is 5.75 Å². The van der Waals surface area contributed by atoms with Crippen molar-refractivity contribution in [1.82, 2.24) is 9.79 Å². The van der Waals surface area contributed by atoms with E-state index in [1.54, 1.807) is 12.1 Å². The molecule has 1 aliphatic rings. The number of sulfonamides is 1. The third kappa shape index (κ3) is 4.06. The highest BCUT2D eigenvalue weighted by atomic mass is 32.2. The third-order valence-corrected chi connectivity index (χ3v) is 7.09. The first kappa shape index (κ1) is 19.6. The van der Waals surface area contributed by atoms with Gasteiger partial charge >= 0.3 is 0 Å². The summed E-state index contributed by atoms with van der Waals surface area (Å²) in [6.45, 7) is 3.77. The predicted molar refractivity (Wildman–Crippen MR) is 102 cm³/mol. The Morgan fingerprint density at radius 1 is 1.37 bits per heavy atom. The van der Waals surface area contributed by atoms with Crippen molar-refractivity contribution in [3.63, 3.8) is 0 Å². The summed E-state index contributed by atoms with van der Waals surface area (Å²) in [7, 11) is -2.38. The number of amides is 1. The monoisotopic (exact) mass is 408 g/mol. The smallest absolute Gasteiger partial charge is 0.262 e. The molecule has 0 spiro atoms. The molecule has 9 heteroatoms. The Hall–Kier alpha value is -2.20. The fourth-order valence-electron chi connectivity index (χ4n) is 2.84. The predicted octanol–water partition coefficient (Wildman–Crippen LogP) is 2.11. The highest BCUT2D eigenvalue weighted by Gasteiger charge is 2.40. The van der Waals surface area contributed by atoms with Crippen LogP contribution in [0.15, 0.2) is 53.3 Å². The van der Waals surface area contributed by atoms with E-state index in [9.17, 15) is 13.2 Å². The first-order chi connectivity index (χ1) is 13.0. The number of rotatable bonds is 7. The normalized spacial score (nSPS) is 17.1. The molecule has 1 aromatic heterocycles. The van der Waals surface area contributed by atoms with Crippen LogP contribution in [0.5, 0.6) is 5.75 Å². The molecule has 1 aliphatic heterocycles. The SMILES string of the molecule is C=CCONC(=O)[C@H]1Cc2sccc2CN1S(=O)(=O)c1ccc(OC)cc1. The van der Waals surface area contributed by atoms with Gasteiger partial charge in [-0.2, -0.15) is 4.31 Å². The molecule has 0 radical (unpaired) electrons. The maximum absolute atomic E-state index is 13.2. The lowest BCUT2D eigenvalue weighted by Gasteiger charge is -2.33. The largest absolute Gasteiger partial charge is 0.497 e. The fourth-order valence-corrected chi connectivity index (χ4v) is 5.34. The van der Waals surface area contributed by atoms with Gasteiger partial charge in [-0.3, -0.25) is 9.63 Å². The Kier molecular flexibility index (Phi) is 5.95. The van der Waals surface area contributed by atoms with E-state index in [0.29, 0.717) is 12.2 Å². The summed E-state index contributed by atoms with van der Waals surface area (Å²) in [5, 5.41) is 1.90. The van der Waals surface area contributed by atoms with Gasteiger partial charge in [0.25, 0.3) is 5.91 Å². The molecular weight excluding hydrogens is 388 g/mol. The molecule has 0 aliphatic carbocycles. The molecule has 7 nitrogen and oxygen atoms in total. The van der Waals surface area contributed by atoms with Gasteiger partial charge in [0.1, 0.15) is 11.8 Å². The summed E-state index contributed by atoms with van der Waals surface area (Å²) in [6, 6.07) is 7.09. The lowest BCUT2D eigenvalue weighted by Crippen LogP contribution is -2.52. The molecule has 1 atom stereocenters. The van der Waals surface area contributed by atoms with Crippen molar-refractivity contribution < 1.29 is 22.8 Å². The standard InChI is InChI=1S/C18H20N2O5S2/c1-3-9-25-19-18(21)16-11-17-13(8-10-26-17)12-20(16)27(22,23)15-6-4-14(24-2)5-7-15/h3-8,10,16H,1,9,11-12H2,2H3,(H,19,21)/t16-/m1/s1. The van der Waals surface area contributed by atoms with Gasteiger partial charge in [-0.05, 0) is 41.3 Å². The molecular formula is C18H20N2O5S2. The van der Waals surface area contributed by atoms with Crippen molar-refractivity contribution in [1.29, 1.82) is 0 Å². The van der Waals surface area contributed by atoms with Crippen LogP contribution < -0.4 is 10.2 Å². The minimum atomic E-state index is -3.89. The topological polar surface area (TPSA) is 84.9 Å². The molecule has 0 saturated heterocycles. The molecule has 2 heterocycles. The number of nitrogens with zero attached hydrogens (tertiary/aromatic N) is 1. The zero-order valence-corrected chi connectivity index (χ0v) is 16.4. The summed E-state index contributed by atoms with van der Waals surface area (Å²) in [6.07, 6.45) is 1.79. The Labute approximate surface area is 162 Å². The van der Waals surface area contributed by atoms with Crippen molar-refractivity contribution in [2.45, 2.75) is 23.9 Å². The number of benzene rings is 1. The van der Waals surface area contributed by atoms with Crippen LogP contribution in [0.2, 0.25) is 0 Å². The quantitative estimate of drug-likeness (QED) is 0.431. The summed E-state index contributed by atoms with van der Waals surface area (Å²) >= 11 is 1.51. The van der Waals surface area contributed by atoms with Gasteiger partial charge < -0.3 is 4.74 Å². The van der Waals surface area contributed by atoms with Gasteiger partial charge in [-0.15, -0.1) is 17.9 Å². The van der Waals surface area contributed by atoms with Gasteiger partial charge in [-0.1, -0.05) is 6.08 Å². The number of hydrogen-bond acceptors (Lipinski definition) is 6. The second kappa shape index (κ2) is 8.22. The van der Waals surface area contributed by atoms with Crippen molar-refractivity contribution >= 4 is 27.3 Å². The van der Waals surface area contributed by atoms with Gasteiger partial charge in [0.2, 0.25) is 10.0 Å². The van der Waals surface area contributed by atoms with E-state index in [0.717, 1.165) is 10.4 Å². The molecule has 2 aromatic rings. The molecule has 0 saturated carbocycles. The van der Waals surface area contributed by atoms with Crippen LogP contribution in [-0.4, -0.2) is 38.4 Å². The summed E-state index contributed by atoms with van der Waals surface area (Å²) in [4.78, 5) is 18.7. The van der Waals surface area contributed by atoms with E-state index < -0.39 is 22.0 Å². The summed E-state index contributed by atoms with van der Waals surface area (Å²) in [5.41, 5.74) is 3.23. The minimum Gasteiger partial charge on any atom is -0.497 e. The second-order valence-electron chi connectivity index (χ2n) is 5.88. The van der Waals surface area contributed by atoms with Crippen LogP contribution in [0.4, 0.5) is 0 Å². The molecule has 3 rings (SSSR count). The van der Waals surface area contributed by atoms with E-state index in [-0.39, 0.29) is 18.0 Å². The number of carbonyl (C=O) groups excluding carboxylic acids is 1. The van der Waals surface area contributed by atoms with E-state index in [4.69, 9.17) is 9.57 Å². The van der Waals surface area contributed by atoms with Crippen molar-refractivity contribution in [2.75, 3.05) is 13.7 Å². The van der Waals surface area contributed by atoms with Crippen LogP contribution in [0.25, 0.3) is 0 Å². The first-order valence-electron chi connectivity index (χ1n) is 8.21. The molecule has 0 bridgehead atoms. The van der Waals surface area contributed by atoms with Gasteiger partial charge in [0.05, 0.1) is 18.6 Å². The number of hydrogen-bond donors (Lipinski definition) is 1. The number of hydroxylamine groups is 1. The molecule has 27 heavy (non-hydrogen) atoms. The van der Waals surface area contributed by atoms with Crippen LogP contribution >= 0.6 is 11.3 Å². The second-order valence-corrected chi connectivity index (χ2v) is 8.77. The molecule has 144 valence electrons. The lowest BCUT2D eigenvalue weighted by molar-refractivity contribution is -0.137. The molecule has 1 N–H and O–H groups in total. The van der Waals surface area contributed by atoms with Gasteiger partial charge in [0.15, 0.2) is 0 Å². The summed E-state index contributed by atoms with van der Waals surface area (Å²) in [5.74, 6) is 0.0489. The number of thiophene rings is 1. The fraction of sp³-hybridized carbons (Fsp3) is 0.278.